The molecule has 0 saturated carbocycles. The fraction of sp³-hybridized carbons (Fsp3) is 0.417. The second kappa shape index (κ2) is 10.3. The van der Waals surface area contributed by atoms with Crippen molar-refractivity contribution in [1.29, 1.82) is 0 Å². The van der Waals surface area contributed by atoms with Crippen LogP contribution in [0, 0.1) is 5.92 Å². The summed E-state index contributed by atoms with van der Waals surface area (Å²) in [6.07, 6.45) is 1.56. The van der Waals surface area contributed by atoms with E-state index in [0.29, 0.717) is 0 Å². The summed E-state index contributed by atoms with van der Waals surface area (Å²) in [6.45, 7) is 5.49. The normalized spacial score (nSPS) is 16.4. The van der Waals surface area contributed by atoms with Crippen LogP contribution in [0.4, 0.5) is 11.4 Å². The van der Waals surface area contributed by atoms with Crippen molar-refractivity contribution in [2.24, 2.45) is 11.7 Å². The number of methoxy groups -OCH3 is 1. The van der Waals surface area contributed by atoms with Gasteiger partial charge in [-0.05, 0) is 68.7 Å². The molecule has 166 valence electrons. The molecule has 1 heterocycles. The van der Waals surface area contributed by atoms with Crippen molar-refractivity contribution in [1.82, 2.24) is 5.32 Å². The van der Waals surface area contributed by atoms with Crippen molar-refractivity contribution in [3.63, 3.8) is 0 Å². The van der Waals surface area contributed by atoms with E-state index in [0.717, 1.165) is 48.6 Å². The van der Waals surface area contributed by atoms with Crippen LogP contribution in [0.15, 0.2) is 48.5 Å². The minimum absolute atomic E-state index is 0.00144. The number of nitrogens with one attached hydrogen (secondary N) is 2. The van der Waals surface area contributed by atoms with Crippen molar-refractivity contribution in [2.75, 3.05) is 30.4 Å². The van der Waals surface area contributed by atoms with Crippen molar-refractivity contribution < 1.29 is 14.3 Å². The Bertz CT molecular complexity index is 892. The lowest BCUT2D eigenvalue weighted by atomic mass is 9.96. The summed E-state index contributed by atoms with van der Waals surface area (Å²) in [5, 5.41) is 6.30. The largest absolute Gasteiger partial charge is 0.497 e. The molecule has 31 heavy (non-hydrogen) atoms. The van der Waals surface area contributed by atoms with E-state index in [1.807, 2.05) is 62.4 Å². The summed E-state index contributed by atoms with van der Waals surface area (Å²) in [6, 6.07) is 15.3. The molecule has 0 aromatic heterocycles. The fourth-order valence-electron chi connectivity index (χ4n) is 3.89. The van der Waals surface area contributed by atoms with Gasteiger partial charge in [-0.1, -0.05) is 12.1 Å². The molecule has 3 rings (SSSR count). The minimum Gasteiger partial charge on any atom is -0.497 e. The second-order valence-corrected chi connectivity index (χ2v) is 8.09. The number of piperidine rings is 1. The molecule has 0 spiro atoms. The van der Waals surface area contributed by atoms with Gasteiger partial charge in [-0.15, -0.1) is 0 Å². The Balaban J connectivity index is 1.52. The van der Waals surface area contributed by atoms with E-state index < -0.39 is 0 Å². The van der Waals surface area contributed by atoms with Crippen LogP contribution < -0.4 is 26.0 Å². The monoisotopic (exact) mass is 424 g/mol. The van der Waals surface area contributed by atoms with Crippen LogP contribution in [0.3, 0.4) is 0 Å². The molecule has 1 aliphatic rings. The Hall–Kier alpha value is -3.06. The van der Waals surface area contributed by atoms with Gasteiger partial charge in [0.2, 0.25) is 11.8 Å². The van der Waals surface area contributed by atoms with Gasteiger partial charge < -0.3 is 20.7 Å². The van der Waals surface area contributed by atoms with Crippen LogP contribution in [0.2, 0.25) is 0 Å². The molecular formula is C24H32N4O3. The predicted octanol–water partition coefficient (Wildman–Crippen LogP) is 3.07. The first-order valence-electron chi connectivity index (χ1n) is 10.7. The Kier molecular flexibility index (Phi) is 7.52. The van der Waals surface area contributed by atoms with Gasteiger partial charge in [0.25, 0.3) is 0 Å². The van der Waals surface area contributed by atoms with Crippen LogP contribution >= 0.6 is 0 Å². The predicted molar refractivity (Wildman–Crippen MR) is 123 cm³/mol. The standard InChI is InChI=1S/C24H32N4O3/c1-16(19-5-4-6-22(15-19)31-3)26-17(2)24(30)27-20-7-9-21(10-8-20)28-13-11-18(12-14-28)23(25)29/h4-10,15-18,26H,11-14H2,1-3H3,(H2,25,29)(H,27,30)/t16-,17-/m1/s1. The average Bonchev–Trinajstić information content (AvgIpc) is 2.79. The molecule has 1 aliphatic heterocycles. The number of anilines is 2. The van der Waals surface area contributed by atoms with E-state index in [9.17, 15) is 9.59 Å². The first kappa shape index (κ1) is 22.6. The number of nitrogens with zero attached hydrogens (tertiary/aromatic N) is 1. The number of primary amides is 1. The number of benzene rings is 2. The summed E-state index contributed by atoms with van der Waals surface area (Å²) in [7, 11) is 1.64. The molecule has 7 nitrogen and oxygen atoms in total. The van der Waals surface area contributed by atoms with Crippen molar-refractivity contribution >= 4 is 23.2 Å². The molecule has 2 aromatic rings. The van der Waals surface area contributed by atoms with Gasteiger partial charge in [0.1, 0.15) is 5.75 Å². The lowest BCUT2D eigenvalue weighted by molar-refractivity contribution is -0.122. The van der Waals surface area contributed by atoms with Gasteiger partial charge in [0.15, 0.2) is 0 Å². The Morgan fingerprint density at radius 2 is 1.77 bits per heavy atom. The molecule has 4 N–H and O–H groups in total. The number of ether oxygens (including phenoxy) is 1. The highest BCUT2D eigenvalue weighted by Crippen LogP contribution is 2.25. The number of carbonyl (C=O) groups excluding carboxylic acids is 2. The number of carbonyl (C=O) groups is 2. The van der Waals surface area contributed by atoms with Gasteiger partial charge in [-0.3, -0.25) is 14.9 Å². The first-order chi connectivity index (χ1) is 14.9. The summed E-state index contributed by atoms with van der Waals surface area (Å²) in [5.74, 6) is 0.469. The smallest absolute Gasteiger partial charge is 0.241 e. The number of nitrogens with two attached hydrogens (primary N) is 1. The van der Waals surface area contributed by atoms with E-state index in [2.05, 4.69) is 15.5 Å². The highest BCUT2D eigenvalue weighted by molar-refractivity contribution is 5.94. The third-order valence-electron chi connectivity index (χ3n) is 5.88. The molecule has 0 radical (unpaired) electrons. The summed E-state index contributed by atoms with van der Waals surface area (Å²) >= 11 is 0. The fourth-order valence-corrected chi connectivity index (χ4v) is 3.89. The third-order valence-corrected chi connectivity index (χ3v) is 5.88. The molecule has 2 amide bonds. The molecule has 2 atom stereocenters. The van der Waals surface area contributed by atoms with Crippen molar-refractivity contribution in [2.45, 2.75) is 38.8 Å². The Morgan fingerprint density at radius 3 is 2.39 bits per heavy atom. The highest BCUT2D eigenvalue weighted by atomic mass is 16.5. The molecule has 1 saturated heterocycles. The lowest BCUT2D eigenvalue weighted by Crippen LogP contribution is -2.39. The van der Waals surface area contributed by atoms with Crippen LogP contribution in [0.5, 0.6) is 5.75 Å². The van der Waals surface area contributed by atoms with E-state index in [4.69, 9.17) is 10.5 Å². The Morgan fingerprint density at radius 1 is 1.10 bits per heavy atom. The summed E-state index contributed by atoms with van der Waals surface area (Å²) in [4.78, 5) is 26.2. The highest BCUT2D eigenvalue weighted by Gasteiger charge is 2.23. The average molecular weight is 425 g/mol. The minimum atomic E-state index is -0.367. The molecule has 1 fully saturated rings. The number of hydrogen-bond donors (Lipinski definition) is 3. The van der Waals surface area contributed by atoms with Crippen LogP contribution in [-0.2, 0) is 9.59 Å². The first-order valence-corrected chi connectivity index (χ1v) is 10.7. The van der Waals surface area contributed by atoms with Gasteiger partial charge in [0.05, 0.1) is 13.2 Å². The van der Waals surface area contributed by atoms with Gasteiger partial charge in [-0.25, -0.2) is 0 Å². The maximum absolute atomic E-state index is 12.6. The maximum Gasteiger partial charge on any atom is 0.241 e. The number of hydrogen-bond acceptors (Lipinski definition) is 5. The van der Waals surface area contributed by atoms with Gasteiger partial charge in [0, 0.05) is 36.4 Å². The van der Waals surface area contributed by atoms with Gasteiger partial charge in [-0.2, -0.15) is 0 Å². The molecule has 0 aliphatic carbocycles. The van der Waals surface area contributed by atoms with Crippen LogP contribution in [0.1, 0.15) is 38.3 Å². The van der Waals surface area contributed by atoms with Gasteiger partial charge >= 0.3 is 0 Å². The maximum atomic E-state index is 12.6. The summed E-state index contributed by atoms with van der Waals surface area (Å²) in [5.41, 5.74) is 8.30. The molecular weight excluding hydrogens is 392 g/mol. The van der Waals surface area contributed by atoms with Crippen LogP contribution in [0.25, 0.3) is 0 Å². The zero-order valence-electron chi connectivity index (χ0n) is 18.4. The molecule has 0 unspecified atom stereocenters. The quantitative estimate of drug-likeness (QED) is 0.605. The van der Waals surface area contributed by atoms with Crippen LogP contribution in [-0.4, -0.2) is 38.1 Å². The zero-order chi connectivity index (χ0) is 22.4. The zero-order valence-corrected chi connectivity index (χ0v) is 18.4. The van der Waals surface area contributed by atoms with Crippen molar-refractivity contribution in [3.8, 4) is 5.75 Å². The van der Waals surface area contributed by atoms with Crippen molar-refractivity contribution in [3.05, 3.63) is 54.1 Å². The second-order valence-electron chi connectivity index (χ2n) is 8.09. The lowest BCUT2D eigenvalue weighted by Gasteiger charge is -2.32. The van der Waals surface area contributed by atoms with E-state index >= 15 is 0 Å². The summed E-state index contributed by atoms with van der Waals surface area (Å²) < 4.78 is 5.27. The Labute approximate surface area is 183 Å². The molecule has 2 aromatic carbocycles. The van der Waals surface area contributed by atoms with E-state index in [1.54, 1.807) is 7.11 Å². The SMILES string of the molecule is COc1cccc([C@@H](C)N[C@H](C)C(=O)Nc2ccc(N3CCC(C(N)=O)CC3)cc2)c1. The van der Waals surface area contributed by atoms with E-state index in [-0.39, 0.29) is 29.8 Å². The third kappa shape index (κ3) is 5.98. The topological polar surface area (TPSA) is 96.7 Å². The molecule has 7 heteroatoms. The number of amides is 2. The number of rotatable bonds is 8. The molecule has 0 bridgehead atoms. The van der Waals surface area contributed by atoms with E-state index in [1.165, 1.54) is 0 Å².